The van der Waals surface area contributed by atoms with Crippen LogP contribution in [0.1, 0.15) is 38.8 Å². The van der Waals surface area contributed by atoms with E-state index in [4.69, 9.17) is 4.74 Å². The first kappa shape index (κ1) is 14.0. The molecule has 1 aromatic heterocycles. The molecule has 0 spiro atoms. The lowest BCUT2D eigenvalue weighted by atomic mass is 10.2. The summed E-state index contributed by atoms with van der Waals surface area (Å²) < 4.78 is 4.87. The van der Waals surface area contributed by atoms with E-state index in [1.54, 1.807) is 11.3 Å². The van der Waals surface area contributed by atoms with E-state index in [9.17, 15) is 4.79 Å². The quantitative estimate of drug-likeness (QED) is 0.574. The van der Waals surface area contributed by atoms with Crippen LogP contribution in [-0.2, 0) is 16.0 Å². The highest BCUT2D eigenvalue weighted by atomic mass is 32.1. The van der Waals surface area contributed by atoms with Gasteiger partial charge in [0.05, 0.1) is 18.7 Å². The predicted molar refractivity (Wildman–Crippen MR) is 70.5 cm³/mol. The van der Waals surface area contributed by atoms with Crippen LogP contribution in [0.5, 0.6) is 0 Å². The molecular formula is C12H20N2O2S. The van der Waals surface area contributed by atoms with Crippen LogP contribution in [0, 0.1) is 0 Å². The molecule has 1 aromatic rings. The van der Waals surface area contributed by atoms with Crippen molar-refractivity contribution in [1.29, 1.82) is 0 Å². The number of thiazole rings is 1. The van der Waals surface area contributed by atoms with Crippen LogP contribution >= 0.6 is 11.3 Å². The van der Waals surface area contributed by atoms with E-state index in [1.165, 1.54) is 6.42 Å². The Labute approximate surface area is 106 Å². The zero-order valence-corrected chi connectivity index (χ0v) is 11.3. The van der Waals surface area contributed by atoms with Crippen LogP contribution < -0.4 is 5.32 Å². The molecule has 0 saturated carbocycles. The van der Waals surface area contributed by atoms with Crippen LogP contribution in [0.4, 0.5) is 5.13 Å². The minimum absolute atomic E-state index is 0.152. The van der Waals surface area contributed by atoms with Crippen molar-refractivity contribution in [2.45, 2.75) is 39.5 Å². The molecule has 0 radical (unpaired) electrons. The normalized spacial score (nSPS) is 10.2. The van der Waals surface area contributed by atoms with Gasteiger partial charge in [-0.2, -0.15) is 0 Å². The summed E-state index contributed by atoms with van der Waals surface area (Å²) in [4.78, 5) is 15.6. The highest BCUT2D eigenvalue weighted by molar-refractivity contribution is 7.13. The van der Waals surface area contributed by atoms with Crippen LogP contribution in [-0.4, -0.2) is 24.1 Å². The summed E-state index contributed by atoms with van der Waals surface area (Å²) in [6.07, 6.45) is 3.39. The number of esters is 1. The second-order valence-electron chi connectivity index (χ2n) is 3.73. The molecule has 0 saturated heterocycles. The third-order valence-corrected chi connectivity index (χ3v) is 3.10. The van der Waals surface area contributed by atoms with Crippen molar-refractivity contribution in [2.75, 3.05) is 18.5 Å². The number of aromatic nitrogens is 1. The second-order valence-corrected chi connectivity index (χ2v) is 4.59. The Bertz CT molecular complexity index is 339. The highest BCUT2D eigenvalue weighted by Gasteiger charge is 2.05. The molecule has 17 heavy (non-hydrogen) atoms. The van der Waals surface area contributed by atoms with Gasteiger partial charge in [-0.25, -0.2) is 4.98 Å². The predicted octanol–water partition coefficient (Wildman–Crippen LogP) is 2.85. The van der Waals surface area contributed by atoms with Crippen molar-refractivity contribution in [3.63, 3.8) is 0 Å². The number of ether oxygens (including phenoxy) is 1. The number of nitrogens with one attached hydrogen (secondary N) is 1. The van der Waals surface area contributed by atoms with Crippen LogP contribution in [0.2, 0.25) is 0 Å². The topological polar surface area (TPSA) is 51.2 Å². The Hall–Kier alpha value is -1.10. The molecule has 0 aliphatic heterocycles. The average molecular weight is 256 g/mol. The standard InChI is InChI=1S/C12H20N2O2S/c1-3-5-8-13-12-14-10(9-17-12)6-7-11(15)16-4-2/h9H,3-8H2,1-2H3,(H,13,14). The monoisotopic (exact) mass is 256 g/mol. The molecule has 1 heterocycles. The van der Waals surface area contributed by atoms with Gasteiger partial charge in [0, 0.05) is 18.3 Å². The van der Waals surface area contributed by atoms with Crippen LogP contribution in [0.15, 0.2) is 5.38 Å². The molecule has 0 aliphatic carbocycles. The number of hydrogen-bond acceptors (Lipinski definition) is 5. The maximum atomic E-state index is 11.2. The number of aryl methyl sites for hydroxylation is 1. The molecule has 1 N–H and O–H groups in total. The van der Waals surface area contributed by atoms with E-state index in [1.807, 2.05) is 12.3 Å². The zero-order chi connectivity index (χ0) is 12.5. The Morgan fingerprint density at radius 2 is 2.35 bits per heavy atom. The van der Waals surface area contributed by atoms with Gasteiger partial charge in [0.1, 0.15) is 0 Å². The van der Waals surface area contributed by atoms with Crippen molar-refractivity contribution < 1.29 is 9.53 Å². The van der Waals surface area contributed by atoms with Crippen molar-refractivity contribution in [2.24, 2.45) is 0 Å². The SMILES string of the molecule is CCCCNc1nc(CCC(=O)OCC)cs1. The van der Waals surface area contributed by atoms with Gasteiger partial charge in [0.2, 0.25) is 0 Å². The molecule has 0 fully saturated rings. The lowest BCUT2D eigenvalue weighted by molar-refractivity contribution is -0.143. The molecule has 4 nitrogen and oxygen atoms in total. The van der Waals surface area contributed by atoms with Crippen LogP contribution in [0.25, 0.3) is 0 Å². The minimum atomic E-state index is -0.152. The minimum Gasteiger partial charge on any atom is -0.466 e. The van der Waals surface area contributed by atoms with Gasteiger partial charge < -0.3 is 10.1 Å². The maximum Gasteiger partial charge on any atom is 0.306 e. The lowest BCUT2D eigenvalue weighted by Gasteiger charge is -2.00. The summed E-state index contributed by atoms with van der Waals surface area (Å²) in [6, 6.07) is 0. The first-order chi connectivity index (χ1) is 8.26. The molecule has 0 amide bonds. The summed E-state index contributed by atoms with van der Waals surface area (Å²) in [6.45, 7) is 5.38. The summed E-state index contributed by atoms with van der Waals surface area (Å²) >= 11 is 1.59. The van der Waals surface area contributed by atoms with Gasteiger partial charge in [-0.3, -0.25) is 4.79 Å². The fourth-order valence-electron chi connectivity index (χ4n) is 1.34. The first-order valence-electron chi connectivity index (χ1n) is 6.10. The second kappa shape index (κ2) is 8.06. The van der Waals surface area contributed by atoms with Crippen molar-refractivity contribution >= 4 is 22.4 Å². The summed E-state index contributed by atoms with van der Waals surface area (Å²) in [5.41, 5.74) is 0.960. The summed E-state index contributed by atoms with van der Waals surface area (Å²) in [7, 11) is 0. The number of anilines is 1. The zero-order valence-electron chi connectivity index (χ0n) is 10.5. The largest absolute Gasteiger partial charge is 0.466 e. The fraction of sp³-hybridized carbons (Fsp3) is 0.667. The number of unbranched alkanes of at least 4 members (excludes halogenated alkanes) is 1. The molecule has 1 rings (SSSR count). The van der Waals surface area contributed by atoms with Gasteiger partial charge in [-0.05, 0) is 13.3 Å². The molecular weight excluding hydrogens is 236 g/mol. The molecule has 96 valence electrons. The van der Waals surface area contributed by atoms with Gasteiger partial charge in [0.15, 0.2) is 5.13 Å². The first-order valence-corrected chi connectivity index (χ1v) is 6.98. The van der Waals surface area contributed by atoms with E-state index in [0.29, 0.717) is 19.4 Å². The molecule has 0 bridgehead atoms. The van der Waals surface area contributed by atoms with Crippen molar-refractivity contribution in [3.8, 4) is 0 Å². The summed E-state index contributed by atoms with van der Waals surface area (Å²) in [5, 5.41) is 6.21. The highest BCUT2D eigenvalue weighted by Crippen LogP contribution is 2.16. The Kier molecular flexibility index (Phi) is 6.62. The van der Waals surface area contributed by atoms with E-state index in [0.717, 1.165) is 23.8 Å². The molecule has 0 unspecified atom stereocenters. The van der Waals surface area contributed by atoms with Gasteiger partial charge in [-0.1, -0.05) is 13.3 Å². The van der Waals surface area contributed by atoms with Gasteiger partial charge in [-0.15, -0.1) is 11.3 Å². The smallest absolute Gasteiger partial charge is 0.306 e. The third-order valence-electron chi connectivity index (χ3n) is 2.25. The molecule has 0 atom stereocenters. The Morgan fingerprint density at radius 1 is 1.53 bits per heavy atom. The van der Waals surface area contributed by atoms with Gasteiger partial charge in [0.25, 0.3) is 0 Å². The third kappa shape index (κ3) is 5.68. The fourth-order valence-corrected chi connectivity index (χ4v) is 2.11. The lowest BCUT2D eigenvalue weighted by Crippen LogP contribution is -2.05. The summed E-state index contributed by atoms with van der Waals surface area (Å²) in [5.74, 6) is -0.152. The number of nitrogens with zero attached hydrogens (tertiary/aromatic N) is 1. The average Bonchev–Trinajstić information content (AvgIpc) is 2.75. The molecule has 0 aliphatic rings. The molecule has 0 aromatic carbocycles. The van der Waals surface area contributed by atoms with E-state index >= 15 is 0 Å². The Morgan fingerprint density at radius 3 is 3.06 bits per heavy atom. The maximum absolute atomic E-state index is 11.2. The van der Waals surface area contributed by atoms with E-state index in [2.05, 4.69) is 17.2 Å². The number of carbonyl (C=O) groups is 1. The van der Waals surface area contributed by atoms with Crippen molar-refractivity contribution in [3.05, 3.63) is 11.1 Å². The molecule has 5 heteroatoms. The number of rotatable bonds is 8. The van der Waals surface area contributed by atoms with E-state index < -0.39 is 0 Å². The van der Waals surface area contributed by atoms with Gasteiger partial charge >= 0.3 is 5.97 Å². The van der Waals surface area contributed by atoms with Crippen molar-refractivity contribution in [1.82, 2.24) is 4.98 Å². The Balaban J connectivity index is 2.27. The number of hydrogen-bond donors (Lipinski definition) is 1. The number of carbonyl (C=O) groups excluding carboxylic acids is 1. The van der Waals surface area contributed by atoms with Crippen LogP contribution in [0.3, 0.4) is 0 Å². The van der Waals surface area contributed by atoms with E-state index in [-0.39, 0.29) is 5.97 Å².